The molecule has 0 aliphatic heterocycles. The maximum atomic E-state index is 12.9. The normalized spacial score (nSPS) is 12.6. The number of benzene rings is 1. The minimum atomic E-state index is -4.40. The van der Waals surface area contributed by atoms with Gasteiger partial charge >= 0.3 is 6.18 Å². The van der Waals surface area contributed by atoms with Gasteiger partial charge in [-0.15, -0.1) is 0 Å². The number of halogens is 3. The molecular weight excluding hydrogens is 229 g/mol. The minimum Gasteiger partial charge on any atom is -0.272 e. The predicted octanol–water partition coefficient (Wildman–Crippen LogP) is 4.01. The predicted molar refractivity (Wildman–Crippen MR) is 59.9 cm³/mol. The van der Waals surface area contributed by atoms with Gasteiger partial charge in [0.1, 0.15) is 5.69 Å². The van der Waals surface area contributed by atoms with E-state index in [1.807, 2.05) is 20.8 Å². The molecule has 0 amide bonds. The Morgan fingerprint density at radius 2 is 1.88 bits per heavy atom. The summed E-state index contributed by atoms with van der Waals surface area (Å²) in [6.07, 6.45) is -4.40. The fourth-order valence-corrected chi connectivity index (χ4v) is 2.19. The van der Waals surface area contributed by atoms with Crippen LogP contribution in [-0.2, 0) is 6.18 Å². The van der Waals surface area contributed by atoms with Crippen LogP contribution in [0.4, 0.5) is 13.2 Å². The first-order chi connectivity index (χ1) is 7.82. The summed E-state index contributed by atoms with van der Waals surface area (Å²) in [5, 5.41) is 6.03. The van der Waals surface area contributed by atoms with E-state index in [1.54, 1.807) is 12.1 Å². The van der Waals surface area contributed by atoms with Crippen molar-refractivity contribution >= 4 is 10.9 Å². The molecule has 17 heavy (non-hydrogen) atoms. The van der Waals surface area contributed by atoms with Crippen molar-refractivity contribution < 1.29 is 13.2 Å². The third-order valence-corrected chi connectivity index (χ3v) is 2.84. The summed E-state index contributed by atoms with van der Waals surface area (Å²) >= 11 is 0. The van der Waals surface area contributed by atoms with Crippen molar-refractivity contribution in [3.05, 3.63) is 29.0 Å². The van der Waals surface area contributed by atoms with E-state index in [9.17, 15) is 13.2 Å². The standard InChI is InChI=1S/C12H13F3N2/c1-6(2)9-7(3)4-5-8-10(9)11(17-16-8)12(13,14)15/h4-6H,1-3H3,(H,16,17). The maximum Gasteiger partial charge on any atom is 0.433 e. The zero-order valence-corrected chi connectivity index (χ0v) is 9.81. The molecule has 2 aromatic rings. The highest BCUT2D eigenvalue weighted by atomic mass is 19.4. The third kappa shape index (κ3) is 1.90. The molecule has 1 aromatic heterocycles. The van der Waals surface area contributed by atoms with Crippen LogP contribution in [0, 0.1) is 6.92 Å². The second kappa shape index (κ2) is 3.75. The van der Waals surface area contributed by atoms with Crippen molar-refractivity contribution in [2.75, 3.05) is 0 Å². The summed E-state index contributed by atoms with van der Waals surface area (Å²) in [4.78, 5) is 0. The largest absolute Gasteiger partial charge is 0.433 e. The summed E-state index contributed by atoms with van der Waals surface area (Å²) in [6, 6.07) is 3.42. The van der Waals surface area contributed by atoms with Crippen molar-refractivity contribution in [3.8, 4) is 0 Å². The summed E-state index contributed by atoms with van der Waals surface area (Å²) in [5.74, 6) is 0.0254. The van der Waals surface area contributed by atoms with Crippen molar-refractivity contribution in [2.45, 2.75) is 32.9 Å². The molecule has 1 aromatic carbocycles. The summed E-state index contributed by atoms with van der Waals surface area (Å²) in [6.45, 7) is 5.59. The molecule has 5 heteroatoms. The van der Waals surface area contributed by atoms with Crippen LogP contribution < -0.4 is 0 Å². The lowest BCUT2D eigenvalue weighted by molar-refractivity contribution is -0.139. The van der Waals surface area contributed by atoms with Gasteiger partial charge in [-0.2, -0.15) is 18.3 Å². The zero-order valence-electron chi connectivity index (χ0n) is 9.81. The highest BCUT2D eigenvalue weighted by molar-refractivity contribution is 5.87. The summed E-state index contributed by atoms with van der Waals surface area (Å²) in [5.41, 5.74) is 1.19. The molecule has 0 unspecified atom stereocenters. The van der Waals surface area contributed by atoms with Crippen molar-refractivity contribution in [3.63, 3.8) is 0 Å². The topological polar surface area (TPSA) is 28.7 Å². The molecule has 0 spiro atoms. The first-order valence-corrected chi connectivity index (χ1v) is 5.37. The molecule has 0 fully saturated rings. The van der Waals surface area contributed by atoms with Crippen LogP contribution >= 0.6 is 0 Å². The second-order valence-electron chi connectivity index (χ2n) is 4.44. The number of hydrogen-bond donors (Lipinski definition) is 1. The SMILES string of the molecule is Cc1ccc2n[nH]c(C(F)(F)F)c2c1C(C)C. The molecular formula is C12H13F3N2. The van der Waals surface area contributed by atoms with Gasteiger partial charge in [0.2, 0.25) is 0 Å². The number of fused-ring (bicyclic) bond motifs is 1. The fourth-order valence-electron chi connectivity index (χ4n) is 2.19. The van der Waals surface area contributed by atoms with Crippen molar-refractivity contribution in [1.82, 2.24) is 10.2 Å². The van der Waals surface area contributed by atoms with Gasteiger partial charge in [-0.3, -0.25) is 5.10 Å². The highest BCUT2D eigenvalue weighted by Gasteiger charge is 2.36. The zero-order chi connectivity index (χ0) is 12.8. The Hall–Kier alpha value is -1.52. The van der Waals surface area contributed by atoms with Crippen LogP contribution in [0.1, 0.15) is 36.6 Å². The van der Waals surface area contributed by atoms with Crippen molar-refractivity contribution in [2.24, 2.45) is 0 Å². The Morgan fingerprint density at radius 1 is 1.24 bits per heavy atom. The fraction of sp³-hybridized carbons (Fsp3) is 0.417. The molecule has 0 saturated carbocycles. The Balaban J connectivity index is 2.86. The second-order valence-corrected chi connectivity index (χ2v) is 4.44. The number of H-pyrrole nitrogens is 1. The van der Waals surface area contributed by atoms with Gasteiger partial charge in [-0.1, -0.05) is 19.9 Å². The minimum absolute atomic E-state index is 0.0254. The number of rotatable bonds is 1. The van der Waals surface area contributed by atoms with Crippen molar-refractivity contribution in [1.29, 1.82) is 0 Å². The maximum absolute atomic E-state index is 12.9. The average Bonchev–Trinajstić information content (AvgIpc) is 2.59. The van der Waals surface area contributed by atoms with Gasteiger partial charge in [-0.05, 0) is 30.0 Å². The highest BCUT2D eigenvalue weighted by Crippen LogP contribution is 2.37. The number of aryl methyl sites for hydroxylation is 1. The van der Waals surface area contributed by atoms with Gasteiger partial charge in [0.25, 0.3) is 0 Å². The Kier molecular flexibility index (Phi) is 2.64. The van der Waals surface area contributed by atoms with Crippen LogP contribution in [0.2, 0.25) is 0 Å². The molecule has 0 aliphatic carbocycles. The number of nitrogens with zero attached hydrogens (tertiary/aromatic N) is 1. The Morgan fingerprint density at radius 3 is 2.41 bits per heavy atom. The molecule has 1 heterocycles. The van der Waals surface area contributed by atoms with E-state index in [4.69, 9.17) is 0 Å². The molecule has 0 aliphatic rings. The number of alkyl halides is 3. The van der Waals surface area contributed by atoms with Crippen LogP contribution in [-0.4, -0.2) is 10.2 Å². The van der Waals surface area contributed by atoms with E-state index in [-0.39, 0.29) is 11.3 Å². The van der Waals surface area contributed by atoms with Gasteiger partial charge in [0.15, 0.2) is 0 Å². The molecule has 0 bridgehead atoms. The average molecular weight is 242 g/mol. The third-order valence-electron chi connectivity index (χ3n) is 2.84. The van der Waals surface area contributed by atoms with Gasteiger partial charge < -0.3 is 0 Å². The number of aromatic amines is 1. The van der Waals surface area contributed by atoms with E-state index in [2.05, 4.69) is 10.2 Å². The van der Waals surface area contributed by atoms with Crippen LogP contribution in [0.5, 0.6) is 0 Å². The van der Waals surface area contributed by atoms with Crippen LogP contribution in [0.15, 0.2) is 12.1 Å². The number of nitrogens with one attached hydrogen (secondary N) is 1. The molecule has 0 atom stereocenters. The monoisotopic (exact) mass is 242 g/mol. The molecule has 2 nitrogen and oxygen atoms in total. The van der Waals surface area contributed by atoms with E-state index < -0.39 is 11.9 Å². The number of hydrogen-bond acceptors (Lipinski definition) is 1. The number of aromatic nitrogens is 2. The van der Waals surface area contributed by atoms with Gasteiger partial charge in [0, 0.05) is 5.39 Å². The molecule has 92 valence electrons. The quantitative estimate of drug-likeness (QED) is 0.804. The van der Waals surface area contributed by atoms with E-state index >= 15 is 0 Å². The van der Waals surface area contributed by atoms with E-state index in [0.29, 0.717) is 11.1 Å². The van der Waals surface area contributed by atoms with Gasteiger partial charge in [0.05, 0.1) is 5.52 Å². The lowest BCUT2D eigenvalue weighted by atomic mass is 9.93. The Labute approximate surface area is 96.8 Å². The summed E-state index contributed by atoms with van der Waals surface area (Å²) < 4.78 is 38.6. The first-order valence-electron chi connectivity index (χ1n) is 5.37. The Bertz CT molecular complexity index is 553. The molecule has 1 N–H and O–H groups in total. The van der Waals surface area contributed by atoms with Crippen LogP contribution in [0.25, 0.3) is 10.9 Å². The van der Waals surface area contributed by atoms with Crippen LogP contribution in [0.3, 0.4) is 0 Å². The smallest absolute Gasteiger partial charge is 0.272 e. The van der Waals surface area contributed by atoms with E-state index in [1.165, 1.54) is 0 Å². The van der Waals surface area contributed by atoms with E-state index in [0.717, 1.165) is 5.56 Å². The first kappa shape index (κ1) is 12.0. The lowest BCUT2D eigenvalue weighted by Gasteiger charge is -2.13. The molecule has 0 saturated heterocycles. The lowest BCUT2D eigenvalue weighted by Crippen LogP contribution is -2.07. The summed E-state index contributed by atoms with van der Waals surface area (Å²) in [7, 11) is 0. The molecule has 0 radical (unpaired) electrons. The van der Waals surface area contributed by atoms with Gasteiger partial charge in [-0.25, -0.2) is 0 Å². The molecule has 2 rings (SSSR count).